The van der Waals surface area contributed by atoms with Crippen LogP contribution in [-0.2, 0) is 14.3 Å². The Morgan fingerprint density at radius 2 is 1.96 bits per heavy atom. The van der Waals surface area contributed by atoms with Crippen LogP contribution in [0.4, 0.5) is 4.79 Å². The van der Waals surface area contributed by atoms with Crippen LogP contribution >= 0.6 is 11.6 Å². The third kappa shape index (κ3) is 8.67. The van der Waals surface area contributed by atoms with Gasteiger partial charge in [0.1, 0.15) is 5.75 Å². The number of ether oxygens (including phenoxy) is 2. The number of nitrogens with one attached hydrogen (secondary N) is 2. The molecule has 0 saturated heterocycles. The van der Waals surface area contributed by atoms with Gasteiger partial charge in [-0.15, -0.1) is 0 Å². The molecule has 0 heterocycles. The van der Waals surface area contributed by atoms with Crippen LogP contribution < -0.4 is 15.4 Å². The van der Waals surface area contributed by atoms with Gasteiger partial charge in [0, 0.05) is 11.6 Å². The highest BCUT2D eigenvalue weighted by atomic mass is 35.5. The molecule has 1 aromatic rings. The minimum absolute atomic E-state index is 0.261. The van der Waals surface area contributed by atoms with Crippen LogP contribution in [0.25, 0.3) is 0 Å². The van der Waals surface area contributed by atoms with E-state index in [4.69, 9.17) is 21.1 Å². The van der Waals surface area contributed by atoms with Crippen molar-refractivity contribution in [1.29, 1.82) is 0 Å². The lowest BCUT2D eigenvalue weighted by Gasteiger charge is -2.09. The van der Waals surface area contributed by atoms with Gasteiger partial charge in [0.25, 0.3) is 5.91 Å². The second-order valence-electron chi connectivity index (χ2n) is 5.06. The Bertz CT molecular complexity index is 563. The molecular weight excluding hydrogens is 324 g/mol. The molecule has 2 N–H and O–H groups in total. The fraction of sp³-hybridized carbons (Fsp3) is 0.400. The molecule has 0 aliphatic rings. The molecule has 0 aliphatic carbocycles. The van der Waals surface area contributed by atoms with Crippen LogP contribution in [0.2, 0.25) is 5.02 Å². The molecule has 1 aromatic carbocycles. The second kappa shape index (κ2) is 9.68. The molecule has 1 rings (SSSR count). The van der Waals surface area contributed by atoms with Gasteiger partial charge in [-0.05, 0) is 24.1 Å². The zero-order chi connectivity index (χ0) is 17.2. The molecule has 0 unspecified atom stereocenters. The lowest BCUT2D eigenvalue weighted by molar-refractivity contribution is -0.150. The average molecular weight is 343 g/mol. The summed E-state index contributed by atoms with van der Waals surface area (Å²) in [6.07, 6.45) is 0. The summed E-state index contributed by atoms with van der Waals surface area (Å²) < 4.78 is 9.85. The normalized spacial score (nSPS) is 10.1. The van der Waals surface area contributed by atoms with Gasteiger partial charge in [0.15, 0.2) is 13.2 Å². The number of imide groups is 1. The van der Waals surface area contributed by atoms with Crippen LogP contribution in [-0.4, -0.2) is 37.7 Å². The van der Waals surface area contributed by atoms with Crippen molar-refractivity contribution in [3.8, 4) is 5.75 Å². The van der Waals surface area contributed by atoms with Gasteiger partial charge < -0.3 is 14.8 Å². The molecule has 0 aromatic heterocycles. The summed E-state index contributed by atoms with van der Waals surface area (Å²) in [5.41, 5.74) is 0. The summed E-state index contributed by atoms with van der Waals surface area (Å²) in [5, 5.41) is 5.03. The zero-order valence-corrected chi connectivity index (χ0v) is 13.7. The minimum atomic E-state index is -0.734. The minimum Gasteiger partial charge on any atom is -0.482 e. The molecule has 0 saturated carbocycles. The van der Waals surface area contributed by atoms with E-state index in [0.717, 1.165) is 0 Å². The standard InChI is InChI=1S/C15H19ClN2O5/c1-10(2)7-17-15(21)18-13(19)8-23-14(20)9-22-12-5-3-4-11(16)6-12/h3-6,10H,7-9H2,1-2H3,(H2,17,18,19,21). The SMILES string of the molecule is CC(C)CNC(=O)NC(=O)COC(=O)COc1cccc(Cl)c1. The number of rotatable bonds is 7. The summed E-state index contributed by atoms with van der Waals surface area (Å²) in [6.45, 7) is 3.35. The van der Waals surface area contributed by atoms with E-state index in [-0.39, 0.29) is 12.5 Å². The Hall–Kier alpha value is -2.28. The smallest absolute Gasteiger partial charge is 0.344 e. The van der Waals surface area contributed by atoms with Crippen molar-refractivity contribution in [2.75, 3.05) is 19.8 Å². The maximum atomic E-state index is 11.4. The third-order valence-corrected chi connectivity index (χ3v) is 2.68. The topological polar surface area (TPSA) is 93.7 Å². The lowest BCUT2D eigenvalue weighted by atomic mass is 10.2. The van der Waals surface area contributed by atoms with Crippen molar-refractivity contribution in [2.45, 2.75) is 13.8 Å². The number of esters is 1. The first-order chi connectivity index (χ1) is 10.9. The highest BCUT2D eigenvalue weighted by molar-refractivity contribution is 6.30. The van der Waals surface area contributed by atoms with Crippen molar-refractivity contribution in [3.63, 3.8) is 0 Å². The van der Waals surface area contributed by atoms with Crippen LogP contribution in [0.15, 0.2) is 24.3 Å². The van der Waals surface area contributed by atoms with Crippen molar-refractivity contribution < 1.29 is 23.9 Å². The van der Waals surface area contributed by atoms with Gasteiger partial charge in [-0.1, -0.05) is 31.5 Å². The number of urea groups is 1. The van der Waals surface area contributed by atoms with Gasteiger partial charge in [0.2, 0.25) is 0 Å². The monoisotopic (exact) mass is 342 g/mol. The van der Waals surface area contributed by atoms with E-state index in [1.54, 1.807) is 24.3 Å². The summed E-state index contributed by atoms with van der Waals surface area (Å²) in [4.78, 5) is 34.2. The number of halogens is 1. The lowest BCUT2D eigenvalue weighted by Crippen LogP contribution is -2.42. The zero-order valence-electron chi connectivity index (χ0n) is 12.9. The van der Waals surface area contributed by atoms with Crippen LogP contribution in [0.1, 0.15) is 13.8 Å². The van der Waals surface area contributed by atoms with Crippen molar-refractivity contribution >= 4 is 29.5 Å². The molecule has 0 radical (unpaired) electrons. The average Bonchev–Trinajstić information content (AvgIpc) is 2.49. The Morgan fingerprint density at radius 1 is 1.22 bits per heavy atom. The fourth-order valence-corrected chi connectivity index (χ4v) is 1.57. The highest BCUT2D eigenvalue weighted by Gasteiger charge is 2.11. The van der Waals surface area contributed by atoms with E-state index in [0.29, 0.717) is 17.3 Å². The maximum absolute atomic E-state index is 11.4. The summed E-state index contributed by atoms with van der Waals surface area (Å²) in [6, 6.07) is 5.88. The molecule has 126 valence electrons. The van der Waals surface area contributed by atoms with Gasteiger partial charge in [-0.3, -0.25) is 10.1 Å². The molecule has 0 aliphatic heterocycles. The largest absolute Gasteiger partial charge is 0.482 e. The van der Waals surface area contributed by atoms with Gasteiger partial charge in [-0.25, -0.2) is 9.59 Å². The van der Waals surface area contributed by atoms with Crippen LogP contribution in [0.5, 0.6) is 5.75 Å². The molecular formula is C15H19ClN2O5. The summed E-state index contributed by atoms with van der Waals surface area (Å²) in [5.74, 6) is -0.783. The molecule has 3 amide bonds. The second-order valence-corrected chi connectivity index (χ2v) is 5.50. The summed E-state index contributed by atoms with van der Waals surface area (Å²) >= 11 is 5.77. The number of carbonyl (C=O) groups excluding carboxylic acids is 3. The van der Waals surface area contributed by atoms with Crippen molar-refractivity contribution in [2.24, 2.45) is 5.92 Å². The van der Waals surface area contributed by atoms with Crippen molar-refractivity contribution in [3.05, 3.63) is 29.3 Å². The number of hydrogen-bond acceptors (Lipinski definition) is 5. The summed E-state index contributed by atoms with van der Waals surface area (Å²) in [7, 11) is 0. The van der Waals surface area contributed by atoms with E-state index in [1.165, 1.54) is 0 Å². The van der Waals surface area contributed by atoms with E-state index in [1.807, 2.05) is 19.2 Å². The first kappa shape index (κ1) is 18.8. The fourth-order valence-electron chi connectivity index (χ4n) is 1.39. The number of hydrogen-bond donors (Lipinski definition) is 2. The molecule has 7 nitrogen and oxygen atoms in total. The van der Waals surface area contributed by atoms with Crippen LogP contribution in [0, 0.1) is 5.92 Å². The quantitative estimate of drug-likeness (QED) is 0.736. The Labute approximate surface area is 139 Å². The van der Waals surface area contributed by atoms with Gasteiger partial charge in [0.05, 0.1) is 0 Å². The molecule has 0 spiro atoms. The predicted octanol–water partition coefficient (Wildman–Crippen LogP) is 1.74. The van der Waals surface area contributed by atoms with Gasteiger partial charge >= 0.3 is 12.0 Å². The van der Waals surface area contributed by atoms with E-state index >= 15 is 0 Å². The highest BCUT2D eigenvalue weighted by Crippen LogP contribution is 2.16. The van der Waals surface area contributed by atoms with E-state index < -0.39 is 24.5 Å². The van der Waals surface area contributed by atoms with Crippen molar-refractivity contribution in [1.82, 2.24) is 10.6 Å². The third-order valence-electron chi connectivity index (χ3n) is 2.44. The Morgan fingerprint density at radius 3 is 2.61 bits per heavy atom. The van der Waals surface area contributed by atoms with Crippen LogP contribution in [0.3, 0.4) is 0 Å². The number of amides is 3. The number of carbonyl (C=O) groups is 3. The molecule has 0 atom stereocenters. The Kier molecular flexibility index (Phi) is 7.90. The predicted molar refractivity (Wildman–Crippen MR) is 84.3 cm³/mol. The van der Waals surface area contributed by atoms with Gasteiger partial charge in [-0.2, -0.15) is 0 Å². The first-order valence-corrected chi connectivity index (χ1v) is 7.36. The molecule has 8 heteroatoms. The Balaban J connectivity index is 2.22. The molecule has 0 bridgehead atoms. The van der Waals surface area contributed by atoms with E-state index in [9.17, 15) is 14.4 Å². The number of benzene rings is 1. The molecule has 23 heavy (non-hydrogen) atoms. The molecule has 0 fully saturated rings. The van der Waals surface area contributed by atoms with E-state index in [2.05, 4.69) is 5.32 Å². The first-order valence-electron chi connectivity index (χ1n) is 6.98. The maximum Gasteiger partial charge on any atom is 0.344 e.